The number of phenolic OH excluding ortho intramolecular Hbond substituents is 1. The molecule has 4 N–H and O–H groups in total. The summed E-state index contributed by atoms with van der Waals surface area (Å²) in [7, 11) is 0. The fourth-order valence-electron chi connectivity index (χ4n) is 4.74. The molecular formula is C26H32N2O3. The number of nitrogens with one attached hydrogen (secondary N) is 1. The highest BCUT2D eigenvalue weighted by molar-refractivity contribution is 5.86. The molecule has 1 aliphatic heterocycles. The number of aromatic hydroxyl groups is 1. The maximum atomic E-state index is 11.9. The van der Waals surface area contributed by atoms with E-state index in [1.165, 1.54) is 0 Å². The second-order valence-corrected chi connectivity index (χ2v) is 10.8. The molecular weight excluding hydrogens is 388 g/mol. The summed E-state index contributed by atoms with van der Waals surface area (Å²) < 4.78 is 0. The highest BCUT2D eigenvalue weighted by atomic mass is 16.4. The van der Waals surface area contributed by atoms with Crippen LogP contribution >= 0.6 is 0 Å². The quantitative estimate of drug-likeness (QED) is 0.595. The number of nitrogens with two attached hydrogens (primary N) is 1. The van der Waals surface area contributed by atoms with E-state index < -0.39 is 12.0 Å². The number of phenols is 1. The lowest BCUT2D eigenvalue weighted by atomic mass is 9.77. The Labute approximate surface area is 183 Å². The predicted octanol–water partition coefficient (Wildman–Crippen LogP) is 2.80. The molecule has 164 valence electrons. The minimum atomic E-state index is -1.05. The van der Waals surface area contributed by atoms with E-state index in [1.807, 2.05) is 41.7 Å². The Morgan fingerprint density at radius 1 is 1.06 bits per heavy atom. The van der Waals surface area contributed by atoms with Gasteiger partial charge in [0.25, 0.3) is 0 Å². The maximum Gasteiger partial charge on any atom is 0.153 e. The van der Waals surface area contributed by atoms with Gasteiger partial charge in [-0.05, 0) is 34.6 Å². The van der Waals surface area contributed by atoms with E-state index in [9.17, 15) is 15.0 Å². The number of aromatic amines is 1. The first kappa shape index (κ1) is 21.4. The van der Waals surface area contributed by atoms with Crippen LogP contribution in [-0.4, -0.2) is 22.1 Å². The van der Waals surface area contributed by atoms with Crippen LogP contribution < -0.4 is 10.4 Å². The third kappa shape index (κ3) is 3.72. The molecule has 0 aliphatic carbocycles. The van der Waals surface area contributed by atoms with Crippen molar-refractivity contribution >= 4 is 16.9 Å². The van der Waals surface area contributed by atoms with Gasteiger partial charge in [0.2, 0.25) is 0 Å². The molecule has 0 unspecified atom stereocenters. The van der Waals surface area contributed by atoms with Crippen molar-refractivity contribution in [2.24, 2.45) is 0 Å². The average molecular weight is 421 g/mol. The number of rotatable bonds is 2. The molecule has 5 nitrogen and oxygen atoms in total. The van der Waals surface area contributed by atoms with Gasteiger partial charge in [0.15, 0.2) is 6.04 Å². The zero-order chi connectivity index (χ0) is 22.7. The van der Waals surface area contributed by atoms with Gasteiger partial charge in [-0.1, -0.05) is 59.7 Å². The first-order chi connectivity index (χ1) is 14.4. The molecule has 0 spiro atoms. The SMILES string of the molecule is CC(C)(C)c1cc([C@@H]2[NH2+][C@@H](C(=O)[O-])Cc3c2[nH]c2ccccc32)cc(C(C)(C)C)c1O. The first-order valence-electron chi connectivity index (χ1n) is 10.9. The fourth-order valence-corrected chi connectivity index (χ4v) is 4.74. The van der Waals surface area contributed by atoms with Crippen LogP contribution in [0.5, 0.6) is 5.75 Å². The summed E-state index contributed by atoms with van der Waals surface area (Å²) in [4.78, 5) is 15.5. The summed E-state index contributed by atoms with van der Waals surface area (Å²) >= 11 is 0. The fraction of sp³-hybridized carbons (Fsp3) is 0.423. The zero-order valence-electron chi connectivity index (χ0n) is 19.2. The molecule has 4 rings (SSSR count). The van der Waals surface area contributed by atoms with Crippen molar-refractivity contribution in [1.82, 2.24) is 4.98 Å². The van der Waals surface area contributed by atoms with E-state index >= 15 is 0 Å². The number of quaternary nitrogens is 1. The lowest BCUT2D eigenvalue weighted by molar-refractivity contribution is -0.717. The number of aromatic nitrogens is 1. The molecule has 0 bridgehead atoms. The monoisotopic (exact) mass is 420 g/mol. The minimum Gasteiger partial charge on any atom is -0.544 e. The van der Waals surface area contributed by atoms with Gasteiger partial charge in [0.05, 0.1) is 11.7 Å². The van der Waals surface area contributed by atoms with Gasteiger partial charge in [-0.25, -0.2) is 0 Å². The number of carboxylic acids is 1. The van der Waals surface area contributed by atoms with Crippen LogP contribution in [0.1, 0.15) is 75.5 Å². The zero-order valence-corrected chi connectivity index (χ0v) is 19.2. The number of hydrogen-bond donors (Lipinski definition) is 3. The van der Waals surface area contributed by atoms with Gasteiger partial charge in [-0.15, -0.1) is 0 Å². The summed E-state index contributed by atoms with van der Waals surface area (Å²) in [5.41, 5.74) is 5.30. The van der Waals surface area contributed by atoms with Crippen LogP contribution in [0.3, 0.4) is 0 Å². The summed E-state index contributed by atoms with van der Waals surface area (Å²) in [6.45, 7) is 12.5. The largest absolute Gasteiger partial charge is 0.544 e. The summed E-state index contributed by atoms with van der Waals surface area (Å²) in [5.74, 6) is -0.723. The van der Waals surface area contributed by atoms with Crippen molar-refractivity contribution in [2.75, 3.05) is 0 Å². The van der Waals surface area contributed by atoms with Gasteiger partial charge in [-0.3, -0.25) is 0 Å². The molecule has 2 aromatic carbocycles. The molecule has 2 atom stereocenters. The van der Waals surface area contributed by atoms with Gasteiger partial charge in [-0.2, -0.15) is 0 Å². The molecule has 0 saturated heterocycles. The van der Waals surface area contributed by atoms with E-state index in [4.69, 9.17) is 0 Å². The van der Waals surface area contributed by atoms with Crippen molar-refractivity contribution in [3.8, 4) is 5.75 Å². The molecule has 5 heteroatoms. The van der Waals surface area contributed by atoms with Gasteiger partial charge in [0.1, 0.15) is 11.8 Å². The summed E-state index contributed by atoms with van der Waals surface area (Å²) in [5, 5.41) is 26.0. The van der Waals surface area contributed by atoms with Crippen molar-refractivity contribution in [3.63, 3.8) is 0 Å². The van der Waals surface area contributed by atoms with Gasteiger partial charge in [0, 0.05) is 34.0 Å². The Balaban J connectivity index is 1.98. The van der Waals surface area contributed by atoms with Crippen LogP contribution in [0.4, 0.5) is 0 Å². The van der Waals surface area contributed by atoms with E-state index in [-0.39, 0.29) is 16.9 Å². The summed E-state index contributed by atoms with van der Waals surface area (Å²) in [6, 6.07) is 11.2. The number of carboxylic acid groups (broad SMARTS) is 1. The number of benzene rings is 2. The van der Waals surface area contributed by atoms with Crippen molar-refractivity contribution in [1.29, 1.82) is 0 Å². The van der Waals surface area contributed by atoms with Crippen molar-refractivity contribution in [3.05, 3.63) is 64.3 Å². The molecule has 1 aliphatic rings. The highest BCUT2D eigenvalue weighted by Gasteiger charge is 2.37. The second-order valence-electron chi connectivity index (χ2n) is 10.8. The van der Waals surface area contributed by atoms with Crippen molar-refractivity contribution < 1.29 is 20.3 Å². The van der Waals surface area contributed by atoms with Gasteiger partial charge < -0.3 is 25.3 Å². The first-order valence-corrected chi connectivity index (χ1v) is 10.9. The lowest BCUT2D eigenvalue weighted by Crippen LogP contribution is -2.95. The number of H-pyrrole nitrogens is 1. The molecule has 31 heavy (non-hydrogen) atoms. The third-order valence-electron chi connectivity index (χ3n) is 6.42. The average Bonchev–Trinajstić information content (AvgIpc) is 3.04. The Morgan fingerprint density at radius 3 is 2.19 bits per heavy atom. The Kier molecular flexibility index (Phi) is 4.93. The highest BCUT2D eigenvalue weighted by Crippen LogP contribution is 2.42. The Hall–Kier alpha value is -2.79. The standard InChI is InChI=1S/C26H32N2O3/c1-25(2,3)17-11-14(12-18(23(17)29)26(4,5)6)21-22-16(13-20(28-21)24(30)31)15-9-7-8-10-19(15)27-22/h7-12,20-21,27-29H,13H2,1-6H3,(H,30,31)/t20-,21+/m1/s1. The molecule has 1 aromatic heterocycles. The molecule has 3 aromatic rings. The van der Waals surface area contributed by atoms with Gasteiger partial charge >= 0.3 is 0 Å². The minimum absolute atomic E-state index is 0.221. The second kappa shape index (κ2) is 7.13. The van der Waals surface area contributed by atoms with Crippen LogP contribution in [0.2, 0.25) is 0 Å². The van der Waals surface area contributed by atoms with Crippen molar-refractivity contribution in [2.45, 2.75) is 70.9 Å². The molecule has 0 radical (unpaired) electrons. The van der Waals surface area contributed by atoms with E-state index in [0.29, 0.717) is 12.2 Å². The lowest BCUT2D eigenvalue weighted by Gasteiger charge is -2.32. The number of carbonyl (C=O) groups is 1. The van der Waals surface area contributed by atoms with Crippen LogP contribution in [0.25, 0.3) is 10.9 Å². The third-order valence-corrected chi connectivity index (χ3v) is 6.42. The van der Waals surface area contributed by atoms with E-state index in [0.717, 1.165) is 38.9 Å². The predicted molar refractivity (Wildman–Crippen MR) is 120 cm³/mol. The van der Waals surface area contributed by atoms with E-state index in [1.54, 1.807) is 0 Å². The maximum absolute atomic E-state index is 11.9. The van der Waals surface area contributed by atoms with Crippen LogP contribution in [0, 0.1) is 0 Å². The summed E-state index contributed by atoms with van der Waals surface area (Å²) in [6.07, 6.45) is 0.425. The number of hydrogen-bond acceptors (Lipinski definition) is 3. The molecule has 2 heterocycles. The van der Waals surface area contributed by atoms with Crippen LogP contribution in [0.15, 0.2) is 36.4 Å². The van der Waals surface area contributed by atoms with E-state index in [2.05, 4.69) is 46.5 Å². The number of para-hydroxylation sites is 1. The number of aliphatic carboxylic acids is 1. The number of fused-ring (bicyclic) bond motifs is 3. The molecule has 0 fully saturated rings. The van der Waals surface area contributed by atoms with Crippen LogP contribution in [-0.2, 0) is 22.0 Å². The smallest absolute Gasteiger partial charge is 0.153 e. The number of carbonyl (C=O) groups excluding carboxylic acids is 1. The molecule has 0 saturated carbocycles. The Bertz CT molecular complexity index is 1130. The normalized spacial score (nSPS) is 19.4. The Morgan fingerprint density at radius 2 is 1.65 bits per heavy atom. The topological polar surface area (TPSA) is 92.8 Å². The molecule has 0 amide bonds.